The van der Waals surface area contributed by atoms with E-state index in [2.05, 4.69) is 35.1 Å². The zero-order valence-electron chi connectivity index (χ0n) is 30.7. The molecule has 282 valence electrons. The predicted octanol–water partition coefficient (Wildman–Crippen LogP) is 2.30. The van der Waals surface area contributed by atoms with Gasteiger partial charge in [-0.2, -0.15) is 0 Å². The first-order valence-electron chi connectivity index (χ1n) is 18.4. The number of benzene rings is 2. The summed E-state index contributed by atoms with van der Waals surface area (Å²) in [7, 11) is 1.56. The number of rotatable bonds is 9. The van der Waals surface area contributed by atoms with E-state index in [0.717, 1.165) is 30.4 Å². The fourth-order valence-electron chi connectivity index (χ4n) is 6.57. The Hall–Kier alpha value is -4.65. The van der Waals surface area contributed by atoms with Gasteiger partial charge >= 0.3 is 0 Å². The third-order valence-corrected chi connectivity index (χ3v) is 9.57. The van der Waals surface area contributed by atoms with Gasteiger partial charge in [-0.1, -0.05) is 38.1 Å². The van der Waals surface area contributed by atoms with Crippen molar-refractivity contribution in [1.29, 1.82) is 0 Å². The topological polar surface area (TPSA) is 164 Å². The Labute approximate surface area is 305 Å². The number of amides is 5. The van der Waals surface area contributed by atoms with E-state index in [1.807, 2.05) is 12.1 Å². The summed E-state index contributed by atoms with van der Waals surface area (Å²) in [5, 5.41) is 11.6. The maximum absolute atomic E-state index is 14.1. The SMILES string of the molecule is COc1ccc(C[C@@H]2NC(=O)[C@@H](NC(=O)[C@@H]3CCCO3)Cc3ccc(cc3)OC[C@H](CC(C)C)NC(=O)CN(CC3CC3)C(=O)[C@@H](C)NC2=O)cc1. The van der Waals surface area contributed by atoms with Gasteiger partial charge in [0.15, 0.2) is 0 Å². The number of nitrogens with one attached hydrogen (secondary N) is 4. The number of ether oxygens (including phenoxy) is 3. The number of carbonyl (C=O) groups excluding carboxylic acids is 5. The van der Waals surface area contributed by atoms with Crippen LogP contribution in [0.25, 0.3) is 0 Å². The van der Waals surface area contributed by atoms with Crippen LogP contribution in [0, 0.1) is 11.8 Å². The summed E-state index contributed by atoms with van der Waals surface area (Å²) in [5.41, 5.74) is 1.50. The molecule has 13 heteroatoms. The molecular formula is C39H53N5O8. The number of nitrogens with zero attached hydrogens (tertiary/aromatic N) is 1. The summed E-state index contributed by atoms with van der Waals surface area (Å²) in [6.45, 7) is 6.66. The Morgan fingerprint density at radius 2 is 1.69 bits per heavy atom. The van der Waals surface area contributed by atoms with E-state index in [1.165, 1.54) is 4.90 Å². The molecule has 2 aromatic carbocycles. The van der Waals surface area contributed by atoms with Crippen molar-refractivity contribution in [2.75, 3.05) is 33.4 Å². The number of carbonyl (C=O) groups is 5. The Bertz CT molecular complexity index is 1540. The van der Waals surface area contributed by atoms with Crippen LogP contribution in [0.15, 0.2) is 48.5 Å². The second kappa shape index (κ2) is 18.2. The van der Waals surface area contributed by atoms with E-state index < -0.39 is 47.9 Å². The maximum atomic E-state index is 14.1. The minimum atomic E-state index is -1.10. The summed E-state index contributed by atoms with van der Waals surface area (Å²) in [6.07, 6.45) is 3.49. The molecule has 3 heterocycles. The highest BCUT2D eigenvalue weighted by Crippen LogP contribution is 2.30. The molecule has 0 radical (unpaired) electrons. The van der Waals surface area contributed by atoms with E-state index in [4.69, 9.17) is 14.2 Å². The standard InChI is InChI=1S/C39H53N5O8/c1-24(2)18-29-23-52-31-15-11-27(12-16-31)20-33(43-38(48)34-6-5-17-51-34)37(47)42-32(19-26-9-13-30(50-4)14-10-26)36(46)40-25(3)39(49)44(21-28-7-8-28)22-35(45)41-29/h9-16,24-25,28-29,32-34H,5-8,17-23H2,1-4H3,(H,40,46)(H,41,45)(H,42,47)(H,43,48)/t25-,29+,32+,33+,34+/m1/s1. The van der Waals surface area contributed by atoms with Gasteiger partial charge in [-0.25, -0.2) is 0 Å². The molecule has 2 fully saturated rings. The number of methoxy groups -OCH3 is 1. The zero-order chi connectivity index (χ0) is 37.2. The molecule has 6 rings (SSSR count). The van der Waals surface area contributed by atoms with Crippen LogP contribution in [0.5, 0.6) is 11.5 Å². The van der Waals surface area contributed by atoms with Gasteiger partial charge < -0.3 is 40.4 Å². The third-order valence-electron chi connectivity index (χ3n) is 9.57. The number of fused-ring (bicyclic) bond motifs is 17. The molecule has 5 amide bonds. The summed E-state index contributed by atoms with van der Waals surface area (Å²) in [4.78, 5) is 70.0. The first-order chi connectivity index (χ1) is 25.0. The van der Waals surface area contributed by atoms with Crippen molar-refractivity contribution in [3.63, 3.8) is 0 Å². The molecule has 4 N–H and O–H groups in total. The molecule has 0 unspecified atom stereocenters. The molecule has 1 aliphatic carbocycles. The second-order valence-electron chi connectivity index (χ2n) is 14.6. The van der Waals surface area contributed by atoms with Crippen molar-refractivity contribution in [3.8, 4) is 11.5 Å². The molecule has 4 aliphatic rings. The first kappa shape index (κ1) is 38.6. The van der Waals surface area contributed by atoms with Crippen molar-refractivity contribution in [2.45, 2.75) is 96.0 Å². The van der Waals surface area contributed by atoms with Crippen LogP contribution in [-0.4, -0.2) is 98.1 Å². The quantitative estimate of drug-likeness (QED) is 0.287. The summed E-state index contributed by atoms with van der Waals surface area (Å²) in [6, 6.07) is 10.9. The van der Waals surface area contributed by atoms with Crippen molar-refractivity contribution in [1.82, 2.24) is 26.2 Å². The fraction of sp³-hybridized carbons (Fsp3) is 0.564. The van der Waals surface area contributed by atoms with Crippen LogP contribution in [0.2, 0.25) is 0 Å². The maximum Gasteiger partial charge on any atom is 0.249 e. The minimum Gasteiger partial charge on any atom is -0.497 e. The molecule has 13 nitrogen and oxygen atoms in total. The normalized spacial score (nSPS) is 25.2. The Balaban J connectivity index is 1.45. The molecule has 1 saturated heterocycles. The molecule has 52 heavy (non-hydrogen) atoms. The van der Waals surface area contributed by atoms with Crippen LogP contribution < -0.4 is 30.7 Å². The van der Waals surface area contributed by atoms with E-state index >= 15 is 0 Å². The van der Waals surface area contributed by atoms with Crippen LogP contribution in [0.1, 0.15) is 64.0 Å². The lowest BCUT2D eigenvalue weighted by Crippen LogP contribution is -2.58. The lowest BCUT2D eigenvalue weighted by atomic mass is 10.0. The van der Waals surface area contributed by atoms with Crippen LogP contribution in [0.4, 0.5) is 0 Å². The first-order valence-corrected chi connectivity index (χ1v) is 18.4. The Morgan fingerprint density at radius 3 is 2.33 bits per heavy atom. The van der Waals surface area contributed by atoms with Gasteiger partial charge in [-0.05, 0) is 86.3 Å². The average molecular weight is 720 g/mol. The predicted molar refractivity (Wildman–Crippen MR) is 193 cm³/mol. The molecule has 5 atom stereocenters. The molecule has 0 aromatic heterocycles. The number of hydrogen-bond donors (Lipinski definition) is 4. The van der Waals surface area contributed by atoms with Gasteiger partial charge in [-0.3, -0.25) is 24.0 Å². The van der Waals surface area contributed by atoms with Gasteiger partial charge in [0, 0.05) is 26.0 Å². The van der Waals surface area contributed by atoms with Crippen molar-refractivity contribution < 1.29 is 38.2 Å². The van der Waals surface area contributed by atoms with Gasteiger partial charge in [-0.15, -0.1) is 0 Å². The van der Waals surface area contributed by atoms with Gasteiger partial charge in [0.2, 0.25) is 29.5 Å². The lowest BCUT2D eigenvalue weighted by molar-refractivity contribution is -0.140. The molecular weight excluding hydrogens is 666 g/mol. The summed E-state index contributed by atoms with van der Waals surface area (Å²) in [5.74, 6) is -0.416. The highest BCUT2D eigenvalue weighted by Gasteiger charge is 2.34. The van der Waals surface area contributed by atoms with Gasteiger partial charge in [0.1, 0.15) is 42.3 Å². The van der Waals surface area contributed by atoms with E-state index in [0.29, 0.717) is 43.4 Å². The van der Waals surface area contributed by atoms with E-state index in [1.54, 1.807) is 50.4 Å². The van der Waals surface area contributed by atoms with Gasteiger partial charge in [0.25, 0.3) is 0 Å². The average Bonchev–Trinajstić information content (AvgIpc) is 3.76. The molecule has 2 bridgehead atoms. The molecule has 2 aromatic rings. The summed E-state index contributed by atoms with van der Waals surface area (Å²) < 4.78 is 17.0. The largest absolute Gasteiger partial charge is 0.497 e. The zero-order valence-corrected chi connectivity index (χ0v) is 30.7. The molecule has 3 aliphatic heterocycles. The lowest BCUT2D eigenvalue weighted by Gasteiger charge is -2.29. The molecule has 1 saturated carbocycles. The van der Waals surface area contributed by atoms with Crippen molar-refractivity contribution in [2.24, 2.45) is 11.8 Å². The third kappa shape index (κ3) is 11.4. The van der Waals surface area contributed by atoms with Crippen LogP contribution in [-0.2, 0) is 41.6 Å². The Kier molecular flexibility index (Phi) is 13.5. The minimum absolute atomic E-state index is 0.104. The highest BCUT2D eigenvalue weighted by molar-refractivity contribution is 5.95. The van der Waals surface area contributed by atoms with E-state index in [9.17, 15) is 24.0 Å². The summed E-state index contributed by atoms with van der Waals surface area (Å²) >= 11 is 0. The number of hydrogen-bond acceptors (Lipinski definition) is 8. The second-order valence-corrected chi connectivity index (χ2v) is 14.6. The van der Waals surface area contributed by atoms with Gasteiger partial charge in [0.05, 0.1) is 19.7 Å². The fourth-order valence-corrected chi connectivity index (χ4v) is 6.57. The molecule has 0 spiro atoms. The smallest absolute Gasteiger partial charge is 0.249 e. The van der Waals surface area contributed by atoms with Crippen LogP contribution in [0.3, 0.4) is 0 Å². The van der Waals surface area contributed by atoms with Crippen LogP contribution >= 0.6 is 0 Å². The highest BCUT2D eigenvalue weighted by atomic mass is 16.5. The monoisotopic (exact) mass is 719 g/mol. The van der Waals surface area contributed by atoms with E-state index in [-0.39, 0.29) is 43.9 Å². The Morgan fingerprint density at radius 1 is 0.962 bits per heavy atom. The van der Waals surface area contributed by atoms with Crippen molar-refractivity contribution >= 4 is 29.5 Å². The van der Waals surface area contributed by atoms with Crippen molar-refractivity contribution in [3.05, 3.63) is 59.7 Å².